The van der Waals surface area contributed by atoms with Crippen LogP contribution in [0.15, 0.2) is 22.6 Å². The van der Waals surface area contributed by atoms with E-state index in [1.165, 1.54) is 44.2 Å². The number of hydrogen-bond acceptors (Lipinski definition) is 5. The number of likely N-dealkylation sites (N-methyl/N-ethyl adjacent to an activating group) is 1. The summed E-state index contributed by atoms with van der Waals surface area (Å²) in [5, 5.41) is 4.14. The largest absolute Gasteiger partial charge is 0.453 e. The van der Waals surface area contributed by atoms with Gasteiger partial charge in [-0.05, 0) is 44.5 Å². The molecule has 30 heavy (non-hydrogen) atoms. The molecule has 0 radical (unpaired) electrons. The molecule has 0 spiro atoms. The quantitative estimate of drug-likeness (QED) is 0.693. The molecular weight excluding hydrogens is 381 g/mol. The second kappa shape index (κ2) is 9.16. The first-order valence-electron chi connectivity index (χ1n) is 11.4. The van der Waals surface area contributed by atoms with Crippen molar-refractivity contribution in [3.63, 3.8) is 0 Å². The second-order valence-corrected chi connectivity index (χ2v) is 8.93. The van der Waals surface area contributed by atoms with Crippen LogP contribution < -0.4 is 5.32 Å². The molecule has 1 aliphatic carbocycles. The van der Waals surface area contributed by atoms with Gasteiger partial charge in [-0.1, -0.05) is 26.2 Å². The zero-order valence-electron chi connectivity index (χ0n) is 18.3. The molecular formula is C24H34FN3O2. The third-order valence-corrected chi connectivity index (χ3v) is 7.17. The summed E-state index contributed by atoms with van der Waals surface area (Å²) in [4.78, 5) is 18.0. The number of fused-ring (bicyclic) bond motifs is 1. The molecule has 1 aliphatic heterocycles. The summed E-state index contributed by atoms with van der Waals surface area (Å²) in [7, 11) is 0. The molecule has 2 fully saturated rings. The number of benzene rings is 1. The van der Waals surface area contributed by atoms with E-state index in [-0.39, 0.29) is 23.7 Å². The van der Waals surface area contributed by atoms with E-state index in [1.807, 2.05) is 6.92 Å². The average molecular weight is 416 g/mol. The summed E-state index contributed by atoms with van der Waals surface area (Å²) in [6.07, 6.45) is 6.23. The van der Waals surface area contributed by atoms with Crippen molar-refractivity contribution in [2.75, 3.05) is 45.8 Å². The summed E-state index contributed by atoms with van der Waals surface area (Å²) >= 11 is 0. The summed E-state index contributed by atoms with van der Waals surface area (Å²) in [5.74, 6) is -0.0332. The smallest absolute Gasteiger partial charge is 0.212 e. The number of halogens is 1. The normalized spacial score (nSPS) is 20.6. The molecule has 4 rings (SSSR count). The van der Waals surface area contributed by atoms with E-state index >= 15 is 0 Å². The van der Waals surface area contributed by atoms with Crippen LogP contribution in [0.5, 0.6) is 0 Å². The Kier molecular flexibility index (Phi) is 6.56. The van der Waals surface area contributed by atoms with Gasteiger partial charge >= 0.3 is 0 Å². The molecule has 6 heteroatoms. The van der Waals surface area contributed by atoms with Gasteiger partial charge in [0.15, 0.2) is 5.76 Å². The standard InChI is InChI=1S/C24H34FN3O2/c1-3-27-11-13-28(14-12-27)24(9-5-4-6-10-24)17-26-16-21(29)23-18(2)20-15-19(25)7-8-22(20)30-23/h7-8,15,26H,3-6,9-14,16-17H2,1-2H3. The van der Waals surface area contributed by atoms with Crippen molar-refractivity contribution in [2.45, 2.75) is 51.5 Å². The number of aryl methyl sites for hydroxylation is 1. The van der Waals surface area contributed by atoms with Gasteiger partial charge in [0, 0.05) is 49.2 Å². The number of hydrogen-bond donors (Lipinski definition) is 1. The number of Topliss-reactive ketones (excluding diaryl/α,β-unsaturated/α-hetero) is 1. The Morgan fingerprint density at radius 2 is 1.90 bits per heavy atom. The Bertz CT molecular complexity index is 880. The van der Waals surface area contributed by atoms with Crippen LogP contribution in [0.3, 0.4) is 0 Å². The molecule has 0 amide bonds. The lowest BCUT2D eigenvalue weighted by molar-refractivity contribution is 0.00926. The topological polar surface area (TPSA) is 48.7 Å². The fraction of sp³-hybridized carbons (Fsp3) is 0.625. The lowest BCUT2D eigenvalue weighted by atomic mass is 9.79. The number of piperazine rings is 1. The lowest BCUT2D eigenvalue weighted by Crippen LogP contribution is -2.61. The van der Waals surface area contributed by atoms with Gasteiger partial charge in [0.05, 0.1) is 6.54 Å². The van der Waals surface area contributed by atoms with E-state index in [0.29, 0.717) is 16.7 Å². The van der Waals surface area contributed by atoms with Crippen molar-refractivity contribution >= 4 is 16.8 Å². The molecule has 2 aromatic rings. The van der Waals surface area contributed by atoms with Crippen molar-refractivity contribution in [3.8, 4) is 0 Å². The van der Waals surface area contributed by atoms with Crippen LogP contribution in [0.1, 0.15) is 55.1 Å². The first-order valence-corrected chi connectivity index (χ1v) is 11.4. The number of carbonyl (C=O) groups is 1. The highest BCUT2D eigenvalue weighted by atomic mass is 19.1. The van der Waals surface area contributed by atoms with Gasteiger partial charge in [-0.2, -0.15) is 0 Å². The summed E-state index contributed by atoms with van der Waals surface area (Å²) in [6.45, 7) is 10.7. The Hall–Kier alpha value is -1.76. The Labute approximate surface area is 178 Å². The minimum absolute atomic E-state index is 0.0640. The second-order valence-electron chi connectivity index (χ2n) is 8.93. The zero-order valence-corrected chi connectivity index (χ0v) is 18.3. The van der Waals surface area contributed by atoms with E-state index in [9.17, 15) is 9.18 Å². The molecule has 2 heterocycles. The molecule has 5 nitrogen and oxygen atoms in total. The van der Waals surface area contributed by atoms with Gasteiger partial charge in [0.2, 0.25) is 5.78 Å². The maximum Gasteiger partial charge on any atom is 0.212 e. The Morgan fingerprint density at radius 3 is 2.60 bits per heavy atom. The van der Waals surface area contributed by atoms with E-state index in [1.54, 1.807) is 6.07 Å². The fourth-order valence-electron chi connectivity index (χ4n) is 5.30. The van der Waals surface area contributed by atoms with E-state index < -0.39 is 0 Å². The van der Waals surface area contributed by atoms with Crippen molar-refractivity contribution in [1.82, 2.24) is 15.1 Å². The highest BCUT2D eigenvalue weighted by Crippen LogP contribution is 2.34. The summed E-state index contributed by atoms with van der Waals surface area (Å²) in [6, 6.07) is 4.39. The van der Waals surface area contributed by atoms with Crippen LogP contribution in [0.25, 0.3) is 11.0 Å². The number of furan rings is 1. The zero-order chi connectivity index (χ0) is 21.1. The van der Waals surface area contributed by atoms with E-state index in [4.69, 9.17) is 4.42 Å². The number of ketones is 1. The monoisotopic (exact) mass is 415 g/mol. The Morgan fingerprint density at radius 1 is 1.17 bits per heavy atom. The summed E-state index contributed by atoms with van der Waals surface area (Å²) < 4.78 is 19.3. The maximum atomic E-state index is 13.6. The molecule has 0 bridgehead atoms. The highest BCUT2D eigenvalue weighted by Gasteiger charge is 2.39. The van der Waals surface area contributed by atoms with Crippen LogP contribution in [0.4, 0.5) is 4.39 Å². The first kappa shape index (κ1) is 21.5. The first-order chi connectivity index (χ1) is 14.5. The van der Waals surface area contributed by atoms with Gasteiger partial charge in [-0.15, -0.1) is 0 Å². The molecule has 2 aliphatic rings. The molecule has 1 aromatic carbocycles. The van der Waals surface area contributed by atoms with Gasteiger partial charge in [-0.25, -0.2) is 4.39 Å². The minimum Gasteiger partial charge on any atom is -0.453 e. The molecule has 1 saturated heterocycles. The van der Waals surface area contributed by atoms with Crippen molar-refractivity contribution in [2.24, 2.45) is 0 Å². The lowest BCUT2D eigenvalue weighted by Gasteiger charge is -2.50. The van der Waals surface area contributed by atoms with Crippen LogP contribution >= 0.6 is 0 Å². The third-order valence-electron chi connectivity index (χ3n) is 7.17. The third kappa shape index (κ3) is 4.32. The van der Waals surface area contributed by atoms with E-state index in [0.717, 1.165) is 44.8 Å². The molecule has 1 N–H and O–H groups in total. The molecule has 0 atom stereocenters. The number of carbonyl (C=O) groups excluding carboxylic acids is 1. The fourth-order valence-corrected chi connectivity index (χ4v) is 5.30. The van der Waals surface area contributed by atoms with Gasteiger partial charge < -0.3 is 14.6 Å². The highest BCUT2D eigenvalue weighted by molar-refractivity contribution is 6.01. The number of rotatable bonds is 7. The van der Waals surface area contributed by atoms with Crippen LogP contribution in [-0.4, -0.2) is 66.9 Å². The van der Waals surface area contributed by atoms with Crippen LogP contribution in [0.2, 0.25) is 0 Å². The van der Waals surface area contributed by atoms with Gasteiger partial charge in [0.25, 0.3) is 0 Å². The van der Waals surface area contributed by atoms with Crippen LogP contribution in [0, 0.1) is 12.7 Å². The Balaban J connectivity index is 1.41. The van der Waals surface area contributed by atoms with Crippen molar-refractivity contribution in [1.29, 1.82) is 0 Å². The molecule has 1 saturated carbocycles. The van der Waals surface area contributed by atoms with Crippen molar-refractivity contribution < 1.29 is 13.6 Å². The van der Waals surface area contributed by atoms with Crippen molar-refractivity contribution in [3.05, 3.63) is 35.3 Å². The predicted octanol–water partition coefficient (Wildman–Crippen LogP) is 3.99. The minimum atomic E-state index is -0.314. The number of nitrogens with one attached hydrogen (secondary N) is 1. The number of nitrogens with zero attached hydrogens (tertiary/aromatic N) is 2. The van der Waals surface area contributed by atoms with Gasteiger partial charge in [-0.3, -0.25) is 9.69 Å². The summed E-state index contributed by atoms with van der Waals surface area (Å²) in [5.41, 5.74) is 1.44. The predicted molar refractivity (Wildman–Crippen MR) is 118 cm³/mol. The molecule has 0 unspecified atom stereocenters. The van der Waals surface area contributed by atoms with E-state index in [2.05, 4.69) is 22.0 Å². The maximum absolute atomic E-state index is 13.6. The van der Waals surface area contributed by atoms with Gasteiger partial charge in [0.1, 0.15) is 11.4 Å². The average Bonchev–Trinajstić information content (AvgIpc) is 3.10. The molecule has 1 aromatic heterocycles. The molecule has 164 valence electrons. The SMILES string of the molecule is CCN1CCN(C2(CNCC(=O)c3oc4ccc(F)cc4c3C)CCCCC2)CC1. The van der Waals surface area contributed by atoms with Crippen LogP contribution in [-0.2, 0) is 0 Å².